The minimum atomic E-state index is 0. The van der Waals surface area contributed by atoms with Crippen LogP contribution >= 0.6 is 0 Å². The Morgan fingerprint density at radius 1 is 0.750 bits per heavy atom. The predicted octanol–water partition coefficient (Wildman–Crippen LogP) is -0.621. The van der Waals surface area contributed by atoms with Crippen LogP contribution in [0.15, 0.2) is 0 Å². The summed E-state index contributed by atoms with van der Waals surface area (Å²) in [4.78, 5) is 0. The molecule has 0 atom stereocenters. The van der Waals surface area contributed by atoms with Crippen molar-refractivity contribution < 1.29 is 28.0 Å². The molecule has 0 aromatic carbocycles. The van der Waals surface area contributed by atoms with E-state index < -0.39 is 0 Å². The smallest absolute Gasteiger partial charge is 2.00 e. The van der Waals surface area contributed by atoms with Gasteiger partial charge in [-0.3, -0.25) is 0 Å². The molecule has 0 rings (SSSR count). The van der Waals surface area contributed by atoms with Gasteiger partial charge < -0.3 is 11.0 Å². The third kappa shape index (κ3) is 18.2. The molecule has 0 aliphatic carbocycles. The Balaban J connectivity index is 0. The molecule has 0 aromatic rings. The summed E-state index contributed by atoms with van der Waals surface area (Å²) in [7, 11) is 0. The van der Waals surface area contributed by atoms with Gasteiger partial charge in [0.25, 0.3) is 0 Å². The summed E-state index contributed by atoms with van der Waals surface area (Å²) < 4.78 is 0. The van der Waals surface area contributed by atoms with Gasteiger partial charge in [-0.15, -0.1) is 0 Å². The van der Waals surface area contributed by atoms with Gasteiger partial charge >= 0.3 is 27.2 Å². The van der Waals surface area contributed by atoms with Gasteiger partial charge in [0.05, 0.1) is 0 Å². The first kappa shape index (κ1) is 162. The first-order chi connectivity index (χ1) is 0. The molecular formula is BeMnO2. The summed E-state index contributed by atoms with van der Waals surface area (Å²) in [5.74, 6) is 0. The van der Waals surface area contributed by atoms with Crippen molar-refractivity contribution in [1.29, 1.82) is 0 Å². The van der Waals surface area contributed by atoms with Crippen LogP contribution in [0.5, 0.6) is 0 Å². The van der Waals surface area contributed by atoms with Crippen LogP contribution < -0.4 is 0 Å². The minimum absolute atomic E-state index is 0. The first-order valence-electron chi connectivity index (χ1n) is 0. The molecule has 4 heavy (non-hydrogen) atoms. The summed E-state index contributed by atoms with van der Waals surface area (Å²) in [5.41, 5.74) is 0. The Hall–Kier alpha value is 0.608. The molecule has 0 N–H and O–H groups in total. The van der Waals surface area contributed by atoms with E-state index >= 15 is 0 Å². The van der Waals surface area contributed by atoms with E-state index in [-0.39, 0.29) is 38.1 Å². The fraction of sp³-hybridized carbons (Fsp3) is 0. The van der Waals surface area contributed by atoms with E-state index in [1.54, 1.807) is 0 Å². The van der Waals surface area contributed by atoms with Crippen molar-refractivity contribution in [3.63, 3.8) is 0 Å². The SMILES string of the molecule is [Be+2].[Mn+2].[O-2].[O-2]. The average Bonchev–Trinajstić information content (AvgIpc) is 0. The molecule has 0 aliphatic rings. The molecule has 0 saturated heterocycles. The quantitative estimate of drug-likeness (QED) is 0.361. The van der Waals surface area contributed by atoms with Gasteiger partial charge in [0.15, 0.2) is 0 Å². The van der Waals surface area contributed by atoms with Gasteiger partial charge in [0.1, 0.15) is 0 Å². The number of hydrogen-bond acceptors (Lipinski definition) is 0. The summed E-state index contributed by atoms with van der Waals surface area (Å²) >= 11 is 0. The second-order valence-corrected chi connectivity index (χ2v) is 0. The zero-order chi connectivity index (χ0) is 0. The molecule has 4 heteroatoms. The van der Waals surface area contributed by atoms with Gasteiger partial charge in [-0.1, -0.05) is 0 Å². The zero-order valence-electron chi connectivity index (χ0n) is 1.90. The van der Waals surface area contributed by atoms with Gasteiger partial charge in [0.2, 0.25) is 0 Å². The average molecular weight is 95.9 g/mol. The third-order valence-electron chi connectivity index (χ3n) is 0. The van der Waals surface area contributed by atoms with E-state index in [1.807, 2.05) is 0 Å². The Bertz CT molecular complexity index is 6.00. The molecule has 2 nitrogen and oxygen atoms in total. The molecule has 0 aliphatic heterocycles. The van der Waals surface area contributed by atoms with E-state index in [9.17, 15) is 0 Å². The normalized spacial score (nSPS) is 0. The monoisotopic (exact) mass is 95.9 g/mol. The van der Waals surface area contributed by atoms with Crippen molar-refractivity contribution in [1.82, 2.24) is 0 Å². The second-order valence-electron chi connectivity index (χ2n) is 0. The fourth-order valence-electron chi connectivity index (χ4n) is 0. The predicted molar refractivity (Wildman–Crippen MR) is 7.13 cm³/mol. The van der Waals surface area contributed by atoms with Crippen LogP contribution in [0, 0.1) is 0 Å². The Kier molecular flexibility index (Phi) is 2690. The molecule has 0 aromatic heterocycles. The van der Waals surface area contributed by atoms with Gasteiger partial charge in [0, 0.05) is 0 Å². The van der Waals surface area contributed by atoms with Crippen LogP contribution in [0.1, 0.15) is 0 Å². The minimum Gasteiger partial charge on any atom is -2.00 e. The van der Waals surface area contributed by atoms with Crippen molar-refractivity contribution in [2.75, 3.05) is 0 Å². The molecule has 21 valence electrons. The molecule has 0 saturated carbocycles. The van der Waals surface area contributed by atoms with Crippen molar-refractivity contribution >= 4 is 10.1 Å². The first-order valence-corrected chi connectivity index (χ1v) is 0. The van der Waals surface area contributed by atoms with E-state index in [0.29, 0.717) is 0 Å². The van der Waals surface area contributed by atoms with Crippen molar-refractivity contribution in [3.05, 3.63) is 0 Å². The Labute approximate surface area is 38.9 Å². The van der Waals surface area contributed by atoms with E-state index in [1.165, 1.54) is 0 Å². The molecule has 0 unspecified atom stereocenters. The zero-order valence-corrected chi connectivity index (χ0v) is 3.08. The summed E-state index contributed by atoms with van der Waals surface area (Å²) in [5, 5.41) is 0. The van der Waals surface area contributed by atoms with Gasteiger partial charge in [-0.2, -0.15) is 0 Å². The number of hydrogen-bond donors (Lipinski definition) is 0. The van der Waals surface area contributed by atoms with Crippen molar-refractivity contribution in [3.8, 4) is 0 Å². The van der Waals surface area contributed by atoms with E-state index in [0.717, 1.165) is 0 Å². The molecule has 1 radical (unpaired) electrons. The maximum Gasteiger partial charge on any atom is 2.00 e. The van der Waals surface area contributed by atoms with Crippen LogP contribution in [-0.2, 0) is 28.0 Å². The molecule has 0 heterocycles. The van der Waals surface area contributed by atoms with Crippen LogP contribution in [0.25, 0.3) is 0 Å². The maximum atomic E-state index is 0. The van der Waals surface area contributed by atoms with Crippen LogP contribution in [0.4, 0.5) is 0 Å². The van der Waals surface area contributed by atoms with Gasteiger partial charge in [-0.25, -0.2) is 0 Å². The molecule has 0 bridgehead atoms. The maximum absolute atomic E-state index is 0. The fourth-order valence-corrected chi connectivity index (χ4v) is 0. The molecule has 0 fully saturated rings. The van der Waals surface area contributed by atoms with Crippen molar-refractivity contribution in [2.45, 2.75) is 0 Å². The van der Waals surface area contributed by atoms with Crippen LogP contribution in [0.2, 0.25) is 0 Å². The summed E-state index contributed by atoms with van der Waals surface area (Å²) in [6.07, 6.45) is 0. The molecular weight excluding hydrogens is 95.9 g/mol. The third-order valence-corrected chi connectivity index (χ3v) is 0. The van der Waals surface area contributed by atoms with Crippen LogP contribution in [-0.4, -0.2) is 10.1 Å². The summed E-state index contributed by atoms with van der Waals surface area (Å²) in [6.45, 7) is 0. The Morgan fingerprint density at radius 3 is 0.750 bits per heavy atom. The van der Waals surface area contributed by atoms with Crippen LogP contribution in [0.3, 0.4) is 0 Å². The molecule has 0 amide bonds. The number of rotatable bonds is 0. The van der Waals surface area contributed by atoms with E-state index in [2.05, 4.69) is 0 Å². The topological polar surface area (TPSA) is 57.0 Å². The second kappa shape index (κ2) is 66.3. The largest absolute Gasteiger partial charge is 2.00 e. The van der Waals surface area contributed by atoms with E-state index in [4.69, 9.17) is 0 Å². The van der Waals surface area contributed by atoms with Gasteiger partial charge in [-0.05, 0) is 0 Å². The Morgan fingerprint density at radius 2 is 0.750 bits per heavy atom. The standard InChI is InChI=1S/Be.Mn.2O/q2*+2;2*-2. The molecule has 0 spiro atoms. The van der Waals surface area contributed by atoms with Crippen molar-refractivity contribution in [2.24, 2.45) is 0 Å². The summed E-state index contributed by atoms with van der Waals surface area (Å²) in [6, 6.07) is 0.